The number of rotatable bonds is 34. The van der Waals surface area contributed by atoms with E-state index in [0.29, 0.717) is 18.7 Å². The maximum atomic E-state index is 13.1. The van der Waals surface area contributed by atoms with Crippen LogP contribution < -0.4 is 11.0 Å². The van der Waals surface area contributed by atoms with Crippen molar-refractivity contribution in [3.8, 4) is 0 Å². The molecule has 322 valence electrons. The number of aliphatic hydroxyl groups is 1. The number of carbonyl (C=O) groups excluding carboxylic acids is 2. The lowest BCUT2D eigenvalue weighted by Crippen LogP contribution is -2.39. The average molecular weight is 796 g/mol. The van der Waals surface area contributed by atoms with E-state index in [0.717, 1.165) is 44.2 Å². The topological polar surface area (TPSA) is 129 Å². The van der Waals surface area contributed by atoms with Gasteiger partial charge in [-0.1, -0.05) is 186 Å². The lowest BCUT2D eigenvalue weighted by Gasteiger charge is -2.21. The first-order valence-electron chi connectivity index (χ1n) is 23.0. The summed E-state index contributed by atoms with van der Waals surface area (Å²) < 4.78 is 18.7. The van der Waals surface area contributed by atoms with Gasteiger partial charge in [0, 0.05) is 24.7 Å². The van der Waals surface area contributed by atoms with Crippen molar-refractivity contribution in [1.29, 1.82) is 0 Å². The maximum absolute atomic E-state index is 13.1. The summed E-state index contributed by atoms with van der Waals surface area (Å²) in [4.78, 5) is 43.0. The molecule has 1 aromatic carbocycles. The number of nitrogens with zero attached hydrogens (tertiary/aromatic N) is 2. The number of hydrogen-bond acceptors (Lipinski definition) is 9. The predicted octanol–water partition coefficient (Wildman–Crippen LogP) is 11.7. The number of aliphatic hydroxyl groups excluding tert-OH is 1. The summed E-state index contributed by atoms with van der Waals surface area (Å²) in [6.45, 7) is 4.30. The number of hydrogen-bond donors (Lipinski definition) is 2. The zero-order valence-electron chi connectivity index (χ0n) is 35.6. The van der Waals surface area contributed by atoms with Gasteiger partial charge in [-0.2, -0.15) is 4.98 Å². The highest BCUT2D eigenvalue weighted by Crippen LogP contribution is 2.32. The lowest BCUT2D eigenvalue weighted by molar-refractivity contribution is -0.160. The Hall–Kier alpha value is -3.24. The first-order valence-corrected chi connectivity index (χ1v) is 23.0. The van der Waals surface area contributed by atoms with Gasteiger partial charge in [-0.05, 0) is 31.0 Å². The Balaban J connectivity index is 1.42. The predicted molar refractivity (Wildman–Crippen MR) is 230 cm³/mol. The molecule has 2 N–H and O–H groups in total. The quantitative estimate of drug-likeness (QED) is 0.0525. The summed E-state index contributed by atoms with van der Waals surface area (Å²) in [5.74, 6) is -0.455. The van der Waals surface area contributed by atoms with Crippen molar-refractivity contribution in [3.05, 3.63) is 53.1 Å². The zero-order chi connectivity index (χ0) is 40.8. The molecule has 10 nitrogen and oxygen atoms in total. The fraction of sp³-hybridized carbons (Fsp3) is 0.745. The molecule has 2 heterocycles. The number of benzene rings is 1. The molecule has 10 heteroatoms. The van der Waals surface area contributed by atoms with E-state index in [2.05, 4.69) is 24.1 Å². The second-order valence-corrected chi connectivity index (χ2v) is 16.2. The van der Waals surface area contributed by atoms with E-state index in [9.17, 15) is 19.5 Å². The zero-order valence-corrected chi connectivity index (χ0v) is 35.6. The Morgan fingerprint density at radius 3 is 1.60 bits per heavy atom. The van der Waals surface area contributed by atoms with Crippen LogP contribution in [0.15, 0.2) is 47.4 Å². The summed E-state index contributed by atoms with van der Waals surface area (Å²) in [7, 11) is 0. The van der Waals surface area contributed by atoms with Crippen molar-refractivity contribution in [2.75, 3.05) is 11.9 Å². The van der Waals surface area contributed by atoms with E-state index in [1.165, 1.54) is 133 Å². The van der Waals surface area contributed by atoms with Gasteiger partial charge in [-0.25, -0.2) is 4.79 Å². The molecule has 0 spiro atoms. The van der Waals surface area contributed by atoms with Crippen LogP contribution in [0.25, 0.3) is 0 Å². The number of ether oxygens (including phenoxy) is 3. The summed E-state index contributed by atoms with van der Waals surface area (Å²) in [6.07, 6.45) is 29.0. The number of para-hydroxylation sites is 1. The molecule has 1 aromatic heterocycles. The standard InChI is InChI=1S/C47H77N3O7/c1-3-5-7-9-11-13-15-17-19-21-23-25-30-34-42(51)55-38-40-45(57-43(52)35-31-26-24-22-20-18-16-14-12-10-8-6-4-2)44(53)46(56-40)50-37-36-41(49-47(50)54)48-39-32-28-27-29-33-39/h27-29,32-33,36-37,40,44-46,53H,3-26,30-31,34-35,38H2,1-2H3,(H,48,49,54)/t40-,44+,45-,46-/m1/s1. The summed E-state index contributed by atoms with van der Waals surface area (Å²) in [6, 6.07) is 11.0. The van der Waals surface area contributed by atoms with Gasteiger partial charge in [0.05, 0.1) is 0 Å². The van der Waals surface area contributed by atoms with Crippen LogP contribution in [0.5, 0.6) is 0 Å². The van der Waals surface area contributed by atoms with E-state index in [4.69, 9.17) is 14.2 Å². The molecule has 0 unspecified atom stereocenters. The SMILES string of the molecule is CCCCCCCCCCCCCCCC(=O)OC[C@H]1O[C@@H](n2ccc(Nc3ccccc3)nc2=O)[C@@H](O)[C@@H]1OC(=O)CCCCCCCCCCCCCCC. The van der Waals surface area contributed by atoms with Crippen molar-refractivity contribution in [1.82, 2.24) is 9.55 Å². The normalized spacial score (nSPS) is 17.8. The number of nitrogens with one attached hydrogen (secondary N) is 1. The number of aromatic nitrogens is 2. The summed E-state index contributed by atoms with van der Waals surface area (Å²) >= 11 is 0. The third-order valence-corrected chi connectivity index (χ3v) is 11.1. The number of anilines is 2. The average Bonchev–Trinajstić information content (AvgIpc) is 3.51. The fourth-order valence-corrected chi connectivity index (χ4v) is 7.61. The molecule has 0 bridgehead atoms. The van der Waals surface area contributed by atoms with Crippen LogP contribution in [0.2, 0.25) is 0 Å². The Bertz CT molecular complexity index is 1390. The van der Waals surface area contributed by atoms with Gasteiger partial charge in [0.2, 0.25) is 0 Å². The second kappa shape index (κ2) is 30.8. The largest absolute Gasteiger partial charge is 0.463 e. The van der Waals surface area contributed by atoms with Gasteiger partial charge >= 0.3 is 17.6 Å². The van der Waals surface area contributed by atoms with Crippen molar-refractivity contribution >= 4 is 23.4 Å². The summed E-state index contributed by atoms with van der Waals surface area (Å²) in [5.41, 5.74) is 0.132. The third-order valence-electron chi connectivity index (χ3n) is 11.1. The van der Waals surface area contributed by atoms with Crippen LogP contribution >= 0.6 is 0 Å². The van der Waals surface area contributed by atoms with E-state index >= 15 is 0 Å². The molecule has 0 amide bonds. The Kier molecular flexibility index (Phi) is 26.0. The summed E-state index contributed by atoms with van der Waals surface area (Å²) in [5, 5.41) is 14.5. The highest BCUT2D eigenvalue weighted by molar-refractivity contribution is 5.70. The van der Waals surface area contributed by atoms with E-state index in [1.807, 2.05) is 30.3 Å². The number of unbranched alkanes of at least 4 members (excludes halogenated alkanes) is 24. The number of esters is 2. The smallest absolute Gasteiger partial charge is 0.351 e. The monoisotopic (exact) mass is 796 g/mol. The highest BCUT2D eigenvalue weighted by Gasteiger charge is 2.48. The van der Waals surface area contributed by atoms with E-state index in [-0.39, 0.29) is 19.0 Å². The molecular formula is C47H77N3O7. The molecular weight excluding hydrogens is 719 g/mol. The highest BCUT2D eigenvalue weighted by atomic mass is 16.6. The van der Waals surface area contributed by atoms with Gasteiger partial charge in [0.1, 0.15) is 24.6 Å². The molecule has 1 fully saturated rings. The van der Waals surface area contributed by atoms with Crippen LogP contribution in [0, 0.1) is 0 Å². The number of carbonyl (C=O) groups is 2. The minimum absolute atomic E-state index is 0.197. The van der Waals surface area contributed by atoms with E-state index in [1.54, 1.807) is 6.07 Å². The van der Waals surface area contributed by atoms with E-state index < -0.39 is 36.2 Å². The van der Waals surface area contributed by atoms with Crippen molar-refractivity contribution in [2.24, 2.45) is 0 Å². The molecule has 0 aliphatic carbocycles. The fourth-order valence-electron chi connectivity index (χ4n) is 7.61. The van der Waals surface area contributed by atoms with Gasteiger partial charge in [0.25, 0.3) is 0 Å². The molecule has 1 aliphatic rings. The molecule has 4 atom stereocenters. The van der Waals surface area contributed by atoms with Gasteiger partial charge in [0.15, 0.2) is 12.3 Å². The van der Waals surface area contributed by atoms with Crippen LogP contribution in [0.4, 0.5) is 11.5 Å². The third kappa shape index (κ3) is 20.8. The van der Waals surface area contributed by atoms with Gasteiger partial charge in [-0.3, -0.25) is 14.2 Å². The minimum Gasteiger partial charge on any atom is -0.463 e. The van der Waals surface area contributed by atoms with Crippen LogP contribution in [-0.4, -0.2) is 51.5 Å². The van der Waals surface area contributed by atoms with Crippen LogP contribution in [-0.2, 0) is 23.8 Å². The van der Waals surface area contributed by atoms with Crippen LogP contribution in [0.1, 0.15) is 200 Å². The molecule has 1 saturated heterocycles. The van der Waals surface area contributed by atoms with Crippen molar-refractivity contribution in [3.63, 3.8) is 0 Å². The first-order chi connectivity index (χ1) is 27.9. The minimum atomic E-state index is -1.36. The molecule has 0 saturated carbocycles. The van der Waals surface area contributed by atoms with Crippen molar-refractivity contribution in [2.45, 2.75) is 218 Å². The Morgan fingerprint density at radius 2 is 1.12 bits per heavy atom. The second-order valence-electron chi connectivity index (χ2n) is 16.2. The molecule has 57 heavy (non-hydrogen) atoms. The first kappa shape index (κ1) is 48.1. The lowest BCUT2D eigenvalue weighted by atomic mass is 10.0. The van der Waals surface area contributed by atoms with Gasteiger partial charge < -0.3 is 24.6 Å². The Labute approximate surface area is 344 Å². The molecule has 1 aliphatic heterocycles. The molecule has 0 radical (unpaired) electrons. The Morgan fingerprint density at radius 1 is 0.667 bits per heavy atom. The molecule has 2 aromatic rings. The molecule has 3 rings (SSSR count). The van der Waals surface area contributed by atoms with Crippen molar-refractivity contribution < 1.29 is 28.9 Å². The van der Waals surface area contributed by atoms with Gasteiger partial charge in [-0.15, -0.1) is 0 Å². The van der Waals surface area contributed by atoms with Crippen LogP contribution in [0.3, 0.4) is 0 Å². The maximum Gasteiger partial charge on any atom is 0.351 e.